The van der Waals surface area contributed by atoms with Gasteiger partial charge in [0.2, 0.25) is 0 Å². The molecular formula is C11H11N3O2. The fourth-order valence-electron chi connectivity index (χ4n) is 1.43. The number of amides is 2. The summed E-state index contributed by atoms with van der Waals surface area (Å²) in [5, 5.41) is 6.30. The van der Waals surface area contributed by atoms with Crippen molar-refractivity contribution in [2.24, 2.45) is 5.73 Å². The normalized spacial score (nSPS) is 10.1. The third-order valence-corrected chi connectivity index (χ3v) is 2.15. The number of aryl methyl sites for hydroxylation is 1. The Morgan fingerprint density at radius 2 is 2.06 bits per heavy atom. The van der Waals surface area contributed by atoms with E-state index in [0.29, 0.717) is 17.1 Å². The standard InChI is InChI=1S/C11H11N3O2/c1-7-9(13-11(12)15)10(16-14-7)8-5-3-2-4-6-8/h2-6H,1H3,(H3,12,13,15). The third-order valence-electron chi connectivity index (χ3n) is 2.15. The lowest BCUT2D eigenvalue weighted by atomic mass is 10.1. The maximum absolute atomic E-state index is 10.8. The average Bonchev–Trinajstić information content (AvgIpc) is 2.61. The smallest absolute Gasteiger partial charge is 0.316 e. The molecule has 1 heterocycles. The highest BCUT2D eigenvalue weighted by Crippen LogP contribution is 2.30. The second kappa shape index (κ2) is 4.06. The van der Waals surface area contributed by atoms with E-state index in [9.17, 15) is 4.79 Å². The number of primary amides is 1. The first-order chi connectivity index (χ1) is 7.68. The minimum absolute atomic E-state index is 0.511. The summed E-state index contributed by atoms with van der Waals surface area (Å²) in [6.07, 6.45) is 0. The molecule has 5 nitrogen and oxygen atoms in total. The number of nitrogens with two attached hydrogens (primary N) is 1. The van der Waals surface area contributed by atoms with Crippen molar-refractivity contribution in [3.05, 3.63) is 36.0 Å². The van der Waals surface area contributed by atoms with Gasteiger partial charge in [0.15, 0.2) is 5.76 Å². The summed E-state index contributed by atoms with van der Waals surface area (Å²) in [6, 6.07) is 8.75. The Bertz CT molecular complexity index is 505. The van der Waals surface area contributed by atoms with Crippen molar-refractivity contribution < 1.29 is 9.32 Å². The monoisotopic (exact) mass is 217 g/mol. The first-order valence-corrected chi connectivity index (χ1v) is 4.76. The van der Waals surface area contributed by atoms with Crippen LogP contribution in [0.15, 0.2) is 34.9 Å². The largest absolute Gasteiger partial charge is 0.354 e. The van der Waals surface area contributed by atoms with Gasteiger partial charge < -0.3 is 15.6 Å². The SMILES string of the molecule is Cc1noc(-c2ccccc2)c1NC(N)=O. The van der Waals surface area contributed by atoms with E-state index >= 15 is 0 Å². The summed E-state index contributed by atoms with van der Waals surface area (Å²) in [5.74, 6) is 0.511. The number of nitrogens with zero attached hydrogens (tertiary/aromatic N) is 1. The molecule has 0 saturated heterocycles. The predicted octanol–water partition coefficient (Wildman–Crippen LogP) is 2.14. The van der Waals surface area contributed by atoms with Crippen molar-refractivity contribution in [3.63, 3.8) is 0 Å². The van der Waals surface area contributed by atoms with Gasteiger partial charge in [0.1, 0.15) is 11.4 Å². The maximum atomic E-state index is 10.8. The van der Waals surface area contributed by atoms with E-state index in [4.69, 9.17) is 10.3 Å². The van der Waals surface area contributed by atoms with Crippen molar-refractivity contribution in [1.29, 1.82) is 0 Å². The summed E-state index contributed by atoms with van der Waals surface area (Å²) < 4.78 is 5.16. The van der Waals surface area contributed by atoms with Crippen molar-refractivity contribution in [2.75, 3.05) is 5.32 Å². The number of carbonyl (C=O) groups excluding carboxylic acids is 1. The maximum Gasteiger partial charge on any atom is 0.316 e. The van der Waals surface area contributed by atoms with Crippen LogP contribution in [0.2, 0.25) is 0 Å². The molecule has 0 fully saturated rings. The lowest BCUT2D eigenvalue weighted by molar-refractivity contribution is 0.259. The summed E-state index contributed by atoms with van der Waals surface area (Å²) >= 11 is 0. The first-order valence-electron chi connectivity index (χ1n) is 4.76. The quantitative estimate of drug-likeness (QED) is 0.808. The van der Waals surface area contributed by atoms with Crippen LogP contribution in [0.4, 0.5) is 10.5 Å². The van der Waals surface area contributed by atoms with Crippen molar-refractivity contribution >= 4 is 11.7 Å². The van der Waals surface area contributed by atoms with Gasteiger partial charge in [-0.2, -0.15) is 0 Å². The molecule has 2 amide bonds. The average molecular weight is 217 g/mol. The Balaban J connectivity index is 2.46. The van der Waals surface area contributed by atoms with Gasteiger partial charge in [-0.1, -0.05) is 35.5 Å². The number of hydrogen-bond donors (Lipinski definition) is 2. The first kappa shape index (κ1) is 10.2. The van der Waals surface area contributed by atoms with Crippen molar-refractivity contribution in [2.45, 2.75) is 6.92 Å². The van der Waals surface area contributed by atoms with Crippen molar-refractivity contribution in [3.8, 4) is 11.3 Å². The Labute approximate surface area is 92.2 Å². The molecule has 5 heteroatoms. The van der Waals surface area contributed by atoms with Crippen LogP contribution in [-0.2, 0) is 0 Å². The van der Waals surface area contributed by atoms with Crippen LogP contribution in [0.25, 0.3) is 11.3 Å². The molecule has 2 aromatic rings. The zero-order valence-corrected chi connectivity index (χ0v) is 8.73. The van der Waals surface area contributed by atoms with Crippen LogP contribution >= 0.6 is 0 Å². The molecule has 16 heavy (non-hydrogen) atoms. The van der Waals surface area contributed by atoms with Gasteiger partial charge in [0, 0.05) is 5.56 Å². The molecule has 82 valence electrons. The summed E-state index contributed by atoms with van der Waals surface area (Å²) in [6.45, 7) is 1.74. The molecule has 1 aromatic carbocycles. The Hall–Kier alpha value is -2.30. The fourth-order valence-corrected chi connectivity index (χ4v) is 1.43. The number of urea groups is 1. The van der Waals surface area contributed by atoms with E-state index in [1.165, 1.54) is 0 Å². The lowest BCUT2D eigenvalue weighted by Crippen LogP contribution is -2.19. The third kappa shape index (κ3) is 1.88. The lowest BCUT2D eigenvalue weighted by Gasteiger charge is -2.01. The number of hydrogen-bond acceptors (Lipinski definition) is 3. The van der Waals surface area contributed by atoms with Gasteiger partial charge in [-0.05, 0) is 6.92 Å². The van der Waals surface area contributed by atoms with E-state index in [0.717, 1.165) is 5.56 Å². The van der Waals surface area contributed by atoms with Crippen LogP contribution in [0, 0.1) is 6.92 Å². The summed E-state index contributed by atoms with van der Waals surface area (Å²) in [7, 11) is 0. The van der Waals surface area contributed by atoms with Gasteiger partial charge in [-0.15, -0.1) is 0 Å². The molecule has 1 aromatic heterocycles. The molecule has 0 saturated carbocycles. The molecule has 0 unspecified atom stereocenters. The number of benzene rings is 1. The number of rotatable bonds is 2. The van der Waals surface area contributed by atoms with Crippen LogP contribution in [0.3, 0.4) is 0 Å². The van der Waals surface area contributed by atoms with Crippen LogP contribution in [0.5, 0.6) is 0 Å². The molecule has 2 rings (SSSR count). The number of nitrogens with one attached hydrogen (secondary N) is 1. The number of anilines is 1. The number of carbonyl (C=O) groups is 1. The van der Waals surface area contributed by atoms with E-state index in [1.54, 1.807) is 6.92 Å². The molecule has 0 atom stereocenters. The van der Waals surface area contributed by atoms with Gasteiger partial charge >= 0.3 is 6.03 Å². The topological polar surface area (TPSA) is 81.2 Å². The highest BCUT2D eigenvalue weighted by Gasteiger charge is 2.15. The minimum Gasteiger partial charge on any atom is -0.354 e. The van der Waals surface area contributed by atoms with E-state index in [1.807, 2.05) is 30.3 Å². The zero-order chi connectivity index (χ0) is 11.5. The highest BCUT2D eigenvalue weighted by atomic mass is 16.5. The second-order valence-corrected chi connectivity index (χ2v) is 3.33. The van der Waals surface area contributed by atoms with Gasteiger partial charge in [-0.3, -0.25) is 0 Å². The Kier molecular flexibility index (Phi) is 2.59. The van der Waals surface area contributed by atoms with Crippen LogP contribution in [0.1, 0.15) is 5.69 Å². The molecular weight excluding hydrogens is 206 g/mol. The molecule has 3 N–H and O–H groups in total. The molecule has 0 spiro atoms. The van der Waals surface area contributed by atoms with Crippen LogP contribution < -0.4 is 11.1 Å². The fraction of sp³-hybridized carbons (Fsp3) is 0.0909. The van der Waals surface area contributed by atoms with Crippen LogP contribution in [-0.4, -0.2) is 11.2 Å². The van der Waals surface area contributed by atoms with Gasteiger partial charge in [0.05, 0.1) is 0 Å². The predicted molar refractivity (Wildman–Crippen MR) is 59.9 cm³/mol. The Morgan fingerprint density at radius 3 is 2.69 bits per heavy atom. The molecule has 0 aliphatic rings. The molecule has 0 bridgehead atoms. The molecule has 0 aliphatic heterocycles. The van der Waals surface area contributed by atoms with Gasteiger partial charge in [-0.25, -0.2) is 4.79 Å². The summed E-state index contributed by atoms with van der Waals surface area (Å²) in [5.41, 5.74) is 7.03. The van der Waals surface area contributed by atoms with E-state index < -0.39 is 6.03 Å². The second-order valence-electron chi connectivity index (χ2n) is 3.33. The highest BCUT2D eigenvalue weighted by molar-refractivity contribution is 5.92. The van der Waals surface area contributed by atoms with E-state index in [-0.39, 0.29) is 0 Å². The Morgan fingerprint density at radius 1 is 1.38 bits per heavy atom. The molecule has 0 radical (unpaired) electrons. The van der Waals surface area contributed by atoms with Gasteiger partial charge in [0.25, 0.3) is 0 Å². The van der Waals surface area contributed by atoms with Crippen molar-refractivity contribution in [1.82, 2.24) is 5.16 Å². The number of aromatic nitrogens is 1. The minimum atomic E-state index is -0.636. The zero-order valence-electron chi connectivity index (χ0n) is 8.73. The summed E-state index contributed by atoms with van der Waals surface area (Å²) in [4.78, 5) is 10.8. The molecule has 0 aliphatic carbocycles. The van der Waals surface area contributed by atoms with E-state index in [2.05, 4.69) is 10.5 Å².